The number of nitrogens with one attached hydrogen (secondary N) is 1. The van der Waals surface area contributed by atoms with Crippen molar-refractivity contribution < 1.29 is 18.0 Å². The summed E-state index contributed by atoms with van der Waals surface area (Å²) in [5.74, 6) is -1.66. The van der Waals surface area contributed by atoms with Gasteiger partial charge in [0.15, 0.2) is 0 Å². The van der Waals surface area contributed by atoms with Gasteiger partial charge in [-0.25, -0.2) is 15.0 Å². The highest BCUT2D eigenvalue weighted by Crippen LogP contribution is 2.28. The number of alkyl halides is 3. The van der Waals surface area contributed by atoms with Crippen LogP contribution in [-0.4, -0.2) is 39.6 Å². The minimum atomic E-state index is -4.96. The van der Waals surface area contributed by atoms with E-state index in [1.54, 1.807) is 17.7 Å². The lowest BCUT2D eigenvalue weighted by Crippen LogP contribution is -2.30. The molecule has 1 saturated heterocycles. The van der Waals surface area contributed by atoms with E-state index in [-0.39, 0.29) is 11.9 Å². The molecule has 0 aliphatic carbocycles. The average Bonchev–Trinajstić information content (AvgIpc) is 3.24. The molecule has 0 saturated carbocycles. The Morgan fingerprint density at radius 2 is 2.15 bits per heavy atom. The van der Waals surface area contributed by atoms with Gasteiger partial charge in [0, 0.05) is 29.9 Å². The van der Waals surface area contributed by atoms with Gasteiger partial charge in [0.25, 0.3) is 0 Å². The summed E-state index contributed by atoms with van der Waals surface area (Å²) < 4.78 is 36.8. The maximum absolute atomic E-state index is 12.3. The Balaban J connectivity index is 1.73. The van der Waals surface area contributed by atoms with E-state index in [0.29, 0.717) is 16.5 Å². The van der Waals surface area contributed by atoms with E-state index in [1.165, 1.54) is 5.38 Å². The van der Waals surface area contributed by atoms with Gasteiger partial charge in [0.2, 0.25) is 5.95 Å². The highest BCUT2D eigenvalue weighted by atomic mass is 32.1. The quantitative estimate of drug-likeness (QED) is 0.822. The second-order valence-corrected chi connectivity index (χ2v) is 6.39. The molecule has 3 rings (SSSR count). The molecule has 10 heteroatoms. The monoisotopic (exact) mass is 381 g/mol. The number of nitrogens with zero attached hydrogens (tertiary/aromatic N) is 4. The van der Waals surface area contributed by atoms with Gasteiger partial charge < -0.3 is 10.2 Å². The van der Waals surface area contributed by atoms with Crippen LogP contribution in [0.3, 0.4) is 0 Å². The van der Waals surface area contributed by atoms with Crippen molar-refractivity contribution in [3.63, 3.8) is 0 Å². The number of amides is 1. The van der Waals surface area contributed by atoms with Crippen molar-refractivity contribution in [3.8, 4) is 10.6 Å². The summed E-state index contributed by atoms with van der Waals surface area (Å²) in [7, 11) is 0. The van der Waals surface area contributed by atoms with Crippen LogP contribution in [0.1, 0.15) is 12.8 Å². The zero-order chi connectivity index (χ0) is 18.7. The van der Waals surface area contributed by atoms with Crippen molar-refractivity contribution in [1.82, 2.24) is 15.0 Å². The van der Waals surface area contributed by atoms with E-state index in [0.717, 1.165) is 30.7 Å². The van der Waals surface area contributed by atoms with Crippen LogP contribution < -0.4 is 10.2 Å². The molecule has 0 radical (unpaired) electrons. The molecule has 1 aliphatic rings. The molecule has 0 aromatic carbocycles. The lowest BCUT2D eigenvalue weighted by molar-refractivity contribution is -0.167. The van der Waals surface area contributed by atoms with Crippen LogP contribution >= 0.6 is 11.3 Å². The summed E-state index contributed by atoms with van der Waals surface area (Å²) in [6, 6.07) is 0.155. The average molecular weight is 381 g/mol. The maximum Gasteiger partial charge on any atom is 0.471 e. The third-order valence-corrected chi connectivity index (χ3v) is 4.65. The predicted molar refractivity (Wildman–Crippen MR) is 91.9 cm³/mol. The van der Waals surface area contributed by atoms with Crippen LogP contribution in [0.25, 0.3) is 10.6 Å². The minimum absolute atomic E-state index is 0.155. The normalized spacial score (nSPS) is 17.0. The van der Waals surface area contributed by atoms with Gasteiger partial charge in [-0.05, 0) is 18.9 Å². The smallest absolute Gasteiger partial charge is 0.334 e. The topological polar surface area (TPSA) is 71.0 Å². The zero-order valence-corrected chi connectivity index (χ0v) is 14.3. The van der Waals surface area contributed by atoms with E-state index in [1.807, 2.05) is 11.0 Å². The third kappa shape index (κ3) is 3.92. The molecule has 1 atom stereocenters. The molecular weight excluding hydrogens is 367 g/mol. The summed E-state index contributed by atoms with van der Waals surface area (Å²) in [5.41, 5.74) is 3.34. The van der Waals surface area contributed by atoms with Crippen LogP contribution in [0.4, 0.5) is 24.9 Å². The summed E-state index contributed by atoms with van der Waals surface area (Å²) in [6.07, 6.45) is 2.03. The number of anilines is 2. The van der Waals surface area contributed by atoms with Gasteiger partial charge in [-0.2, -0.15) is 13.2 Å². The first-order valence-electron chi connectivity index (χ1n) is 7.67. The number of aromatic nitrogens is 3. The standard InChI is InChI=1S/C16H14F3N5OS/c1-2-4-11-5-3-6-24(11)15-20-7-10(8-21-15)13-22-12(9-26-13)23-14(25)16(17,18)19/h4,7-9,11H,1,3,5-6H2,(H,23,25). The molecule has 26 heavy (non-hydrogen) atoms. The molecule has 1 amide bonds. The Labute approximate surface area is 151 Å². The van der Waals surface area contributed by atoms with E-state index in [2.05, 4.69) is 27.3 Å². The number of carbonyl (C=O) groups is 1. The Morgan fingerprint density at radius 1 is 1.42 bits per heavy atom. The molecule has 2 aromatic heterocycles. The first kappa shape index (κ1) is 18.1. The third-order valence-electron chi connectivity index (χ3n) is 3.75. The fourth-order valence-electron chi connectivity index (χ4n) is 2.58. The minimum Gasteiger partial charge on any atom is -0.334 e. The molecule has 0 bridgehead atoms. The molecule has 1 unspecified atom stereocenters. The SMILES string of the molecule is C=C=CC1CCCN1c1ncc(-c2nc(NC(=O)C(F)(F)F)cs2)cn1. The van der Waals surface area contributed by atoms with Gasteiger partial charge in [-0.15, -0.1) is 17.1 Å². The molecule has 0 spiro atoms. The van der Waals surface area contributed by atoms with E-state index < -0.39 is 12.1 Å². The van der Waals surface area contributed by atoms with Crippen LogP contribution in [0.2, 0.25) is 0 Å². The predicted octanol–water partition coefficient (Wildman–Crippen LogP) is 3.41. The first-order chi connectivity index (χ1) is 12.4. The van der Waals surface area contributed by atoms with Crippen molar-refractivity contribution in [3.05, 3.63) is 36.2 Å². The number of hydrogen-bond donors (Lipinski definition) is 1. The number of carbonyl (C=O) groups excluding carboxylic acids is 1. The van der Waals surface area contributed by atoms with Crippen LogP contribution in [0, 0.1) is 0 Å². The van der Waals surface area contributed by atoms with Crippen LogP contribution in [-0.2, 0) is 4.79 Å². The van der Waals surface area contributed by atoms with Crippen molar-refractivity contribution in [2.45, 2.75) is 25.1 Å². The van der Waals surface area contributed by atoms with Crippen molar-refractivity contribution in [2.75, 3.05) is 16.8 Å². The Bertz CT molecular complexity index is 842. The van der Waals surface area contributed by atoms with Crippen molar-refractivity contribution >= 4 is 29.0 Å². The lowest BCUT2D eigenvalue weighted by atomic mass is 10.2. The fourth-order valence-corrected chi connectivity index (χ4v) is 3.31. The molecule has 2 aromatic rings. The highest BCUT2D eigenvalue weighted by molar-refractivity contribution is 7.13. The second kappa shape index (κ2) is 7.27. The Kier molecular flexibility index (Phi) is 5.06. The zero-order valence-electron chi connectivity index (χ0n) is 13.5. The Hall–Kier alpha value is -2.71. The highest BCUT2D eigenvalue weighted by Gasteiger charge is 2.39. The molecule has 1 N–H and O–H groups in total. The molecule has 6 nitrogen and oxygen atoms in total. The number of thiazole rings is 1. The maximum atomic E-state index is 12.3. The van der Waals surface area contributed by atoms with E-state index in [9.17, 15) is 18.0 Å². The van der Waals surface area contributed by atoms with E-state index >= 15 is 0 Å². The second-order valence-electron chi connectivity index (χ2n) is 5.54. The summed E-state index contributed by atoms with van der Waals surface area (Å²) in [5, 5.41) is 3.46. The van der Waals surface area contributed by atoms with Gasteiger partial charge >= 0.3 is 12.1 Å². The molecule has 1 fully saturated rings. The summed E-state index contributed by atoms with van der Waals surface area (Å²) in [4.78, 5) is 25.6. The largest absolute Gasteiger partial charge is 0.471 e. The van der Waals surface area contributed by atoms with E-state index in [4.69, 9.17) is 0 Å². The number of hydrogen-bond acceptors (Lipinski definition) is 6. The number of halogens is 3. The van der Waals surface area contributed by atoms with Gasteiger partial charge in [-0.1, -0.05) is 6.58 Å². The van der Waals surface area contributed by atoms with Crippen molar-refractivity contribution in [2.24, 2.45) is 0 Å². The molecule has 3 heterocycles. The van der Waals surface area contributed by atoms with Crippen LogP contribution in [0.15, 0.2) is 36.2 Å². The number of rotatable bonds is 4. The molecule has 136 valence electrons. The molecular formula is C16H14F3N5OS. The van der Waals surface area contributed by atoms with Crippen LogP contribution in [0.5, 0.6) is 0 Å². The lowest BCUT2D eigenvalue weighted by Gasteiger charge is -2.21. The van der Waals surface area contributed by atoms with Gasteiger partial charge in [0.1, 0.15) is 10.8 Å². The fraction of sp³-hybridized carbons (Fsp3) is 0.312. The van der Waals surface area contributed by atoms with Crippen molar-refractivity contribution in [1.29, 1.82) is 0 Å². The summed E-state index contributed by atoms with van der Waals surface area (Å²) in [6.45, 7) is 4.42. The summed E-state index contributed by atoms with van der Waals surface area (Å²) >= 11 is 1.09. The Morgan fingerprint density at radius 3 is 2.81 bits per heavy atom. The first-order valence-corrected chi connectivity index (χ1v) is 8.55. The van der Waals surface area contributed by atoms with Gasteiger partial charge in [-0.3, -0.25) is 4.79 Å². The molecule has 1 aliphatic heterocycles. The van der Waals surface area contributed by atoms with Gasteiger partial charge in [0.05, 0.1) is 6.04 Å².